The van der Waals surface area contributed by atoms with E-state index in [1.54, 1.807) is 0 Å². The van der Waals surface area contributed by atoms with Crippen molar-refractivity contribution in [2.75, 3.05) is 13.2 Å². The molecular formula is C52H97NO5. The summed E-state index contributed by atoms with van der Waals surface area (Å²) in [7, 11) is 0. The summed E-state index contributed by atoms with van der Waals surface area (Å²) in [5, 5.41) is 23.2. The lowest BCUT2D eigenvalue weighted by Gasteiger charge is -2.22. The van der Waals surface area contributed by atoms with Gasteiger partial charge in [-0.2, -0.15) is 0 Å². The van der Waals surface area contributed by atoms with Crippen molar-refractivity contribution in [2.45, 2.75) is 270 Å². The van der Waals surface area contributed by atoms with Crippen LogP contribution in [0.1, 0.15) is 258 Å². The van der Waals surface area contributed by atoms with Gasteiger partial charge in [0.2, 0.25) is 5.91 Å². The van der Waals surface area contributed by atoms with Crippen LogP contribution in [0.2, 0.25) is 0 Å². The minimum Gasteiger partial charge on any atom is -0.466 e. The molecule has 1 amide bonds. The van der Waals surface area contributed by atoms with Gasteiger partial charge in [0.05, 0.1) is 25.4 Å². The van der Waals surface area contributed by atoms with Crippen LogP contribution in [0.3, 0.4) is 0 Å². The van der Waals surface area contributed by atoms with Crippen molar-refractivity contribution in [2.24, 2.45) is 0 Å². The maximum absolute atomic E-state index is 12.4. The third-order valence-corrected chi connectivity index (χ3v) is 11.4. The molecule has 0 rings (SSSR count). The van der Waals surface area contributed by atoms with Gasteiger partial charge in [0.15, 0.2) is 0 Å². The first kappa shape index (κ1) is 56.1. The Bertz CT molecular complexity index is 946. The minimum atomic E-state index is -0.674. The SMILES string of the molecule is CCCC/C=C\CCCCCCCC(=O)OCCCCC/C=C\C/C=C\CCCCCCCCCC(=O)NC(CO)C(O)CCCCCCCCCCCCCCC. The monoisotopic (exact) mass is 816 g/mol. The van der Waals surface area contributed by atoms with E-state index in [1.165, 1.54) is 141 Å². The van der Waals surface area contributed by atoms with Gasteiger partial charge in [-0.05, 0) is 83.5 Å². The largest absolute Gasteiger partial charge is 0.466 e. The fourth-order valence-electron chi connectivity index (χ4n) is 7.47. The Balaban J connectivity index is 3.52. The number of carbonyl (C=O) groups excluding carboxylic acids is 2. The number of amides is 1. The third-order valence-electron chi connectivity index (χ3n) is 11.4. The van der Waals surface area contributed by atoms with E-state index in [2.05, 4.69) is 55.6 Å². The standard InChI is InChI=1S/C52H97NO5/c1-3-5-7-9-11-13-15-21-25-28-32-36-40-44-50(55)49(48-54)53-51(56)45-41-37-33-29-26-22-19-17-16-18-20-23-27-31-35-39-43-47-58-52(57)46-42-38-34-30-24-14-12-10-8-6-4-2/h10,12,16,18,23,27,49-50,54-55H,3-9,11,13-15,17,19-22,24-26,28-48H2,1-2H3,(H,53,56)/b12-10-,18-16-,27-23-. The lowest BCUT2D eigenvalue weighted by Crippen LogP contribution is -2.45. The fraction of sp³-hybridized carbons (Fsp3) is 0.846. The van der Waals surface area contributed by atoms with Gasteiger partial charge in [0.25, 0.3) is 0 Å². The quantitative estimate of drug-likeness (QED) is 0.0323. The molecule has 0 aliphatic rings. The van der Waals surface area contributed by atoms with Gasteiger partial charge in [-0.1, -0.05) is 198 Å². The Kier molecular flexibility index (Phi) is 46.2. The summed E-state index contributed by atoms with van der Waals surface area (Å²) < 4.78 is 5.42. The van der Waals surface area contributed by atoms with Crippen LogP contribution in [-0.4, -0.2) is 47.4 Å². The molecule has 6 heteroatoms. The van der Waals surface area contributed by atoms with Crippen LogP contribution in [0, 0.1) is 0 Å². The number of rotatable bonds is 46. The molecule has 0 fully saturated rings. The number of nitrogens with one attached hydrogen (secondary N) is 1. The molecule has 3 N–H and O–H groups in total. The maximum Gasteiger partial charge on any atom is 0.305 e. The summed E-state index contributed by atoms with van der Waals surface area (Å²) in [6.07, 6.45) is 56.8. The first-order chi connectivity index (χ1) is 28.5. The number of unbranched alkanes of at least 4 members (excludes halogenated alkanes) is 29. The first-order valence-corrected chi connectivity index (χ1v) is 25.2. The number of ether oxygens (including phenoxy) is 1. The van der Waals surface area contributed by atoms with E-state index in [-0.39, 0.29) is 18.5 Å². The van der Waals surface area contributed by atoms with E-state index >= 15 is 0 Å². The summed E-state index contributed by atoms with van der Waals surface area (Å²) in [6, 6.07) is -0.553. The topological polar surface area (TPSA) is 95.9 Å². The van der Waals surface area contributed by atoms with Crippen molar-refractivity contribution in [1.82, 2.24) is 5.32 Å². The van der Waals surface area contributed by atoms with Gasteiger partial charge in [0, 0.05) is 12.8 Å². The Labute approximate surface area is 360 Å². The van der Waals surface area contributed by atoms with E-state index in [9.17, 15) is 19.8 Å². The molecule has 0 aromatic rings. The average molecular weight is 816 g/mol. The van der Waals surface area contributed by atoms with Gasteiger partial charge in [-0.3, -0.25) is 9.59 Å². The van der Waals surface area contributed by atoms with E-state index in [1.807, 2.05) is 0 Å². The summed E-state index contributed by atoms with van der Waals surface area (Å²) in [6.45, 7) is 4.85. The van der Waals surface area contributed by atoms with Gasteiger partial charge < -0.3 is 20.3 Å². The van der Waals surface area contributed by atoms with Gasteiger partial charge in [-0.15, -0.1) is 0 Å². The van der Waals surface area contributed by atoms with E-state index in [0.717, 1.165) is 83.5 Å². The molecule has 0 heterocycles. The van der Waals surface area contributed by atoms with Crippen LogP contribution < -0.4 is 5.32 Å². The average Bonchev–Trinajstić information content (AvgIpc) is 3.22. The molecule has 58 heavy (non-hydrogen) atoms. The number of hydrogen-bond acceptors (Lipinski definition) is 5. The summed E-state index contributed by atoms with van der Waals surface area (Å²) in [5.41, 5.74) is 0. The minimum absolute atomic E-state index is 0.0272. The highest BCUT2D eigenvalue weighted by atomic mass is 16.5. The van der Waals surface area contributed by atoms with Crippen molar-refractivity contribution in [3.63, 3.8) is 0 Å². The predicted octanol–water partition coefficient (Wildman–Crippen LogP) is 14.9. The Morgan fingerprint density at radius 2 is 0.879 bits per heavy atom. The van der Waals surface area contributed by atoms with Crippen LogP contribution in [0.25, 0.3) is 0 Å². The molecule has 0 saturated heterocycles. The molecule has 0 spiro atoms. The smallest absolute Gasteiger partial charge is 0.305 e. The normalized spacial score (nSPS) is 13.0. The second kappa shape index (κ2) is 47.8. The molecule has 0 aromatic heterocycles. The van der Waals surface area contributed by atoms with Gasteiger partial charge in [-0.25, -0.2) is 0 Å². The van der Waals surface area contributed by atoms with Crippen molar-refractivity contribution in [1.29, 1.82) is 0 Å². The zero-order valence-electron chi connectivity index (χ0n) is 38.5. The second-order valence-electron chi connectivity index (χ2n) is 17.1. The predicted molar refractivity (Wildman–Crippen MR) is 250 cm³/mol. The van der Waals surface area contributed by atoms with Crippen LogP contribution in [0.15, 0.2) is 36.5 Å². The molecule has 2 unspecified atom stereocenters. The molecule has 6 nitrogen and oxygen atoms in total. The highest BCUT2D eigenvalue weighted by molar-refractivity contribution is 5.76. The zero-order chi connectivity index (χ0) is 42.3. The van der Waals surface area contributed by atoms with Crippen molar-refractivity contribution < 1.29 is 24.5 Å². The van der Waals surface area contributed by atoms with E-state index < -0.39 is 12.1 Å². The second-order valence-corrected chi connectivity index (χ2v) is 17.1. The Hall–Kier alpha value is -1.92. The number of aliphatic hydroxyl groups excluding tert-OH is 2. The molecule has 340 valence electrons. The van der Waals surface area contributed by atoms with Crippen LogP contribution in [0.4, 0.5) is 0 Å². The maximum atomic E-state index is 12.4. The Morgan fingerprint density at radius 3 is 1.38 bits per heavy atom. The van der Waals surface area contributed by atoms with Crippen LogP contribution in [-0.2, 0) is 14.3 Å². The van der Waals surface area contributed by atoms with Crippen molar-refractivity contribution >= 4 is 11.9 Å². The molecule has 0 bridgehead atoms. The number of carbonyl (C=O) groups is 2. The number of allylic oxidation sites excluding steroid dienone is 6. The number of aliphatic hydroxyl groups is 2. The molecule has 0 saturated carbocycles. The Morgan fingerprint density at radius 1 is 0.483 bits per heavy atom. The van der Waals surface area contributed by atoms with E-state index in [4.69, 9.17) is 4.74 Å². The molecule has 2 atom stereocenters. The molecule has 0 aromatic carbocycles. The molecular weight excluding hydrogens is 719 g/mol. The lowest BCUT2D eigenvalue weighted by atomic mass is 10.0. The molecule has 0 radical (unpaired) electrons. The van der Waals surface area contributed by atoms with Crippen LogP contribution >= 0.6 is 0 Å². The third kappa shape index (κ3) is 43.7. The summed E-state index contributed by atoms with van der Waals surface area (Å²) >= 11 is 0. The van der Waals surface area contributed by atoms with Crippen molar-refractivity contribution in [3.05, 3.63) is 36.5 Å². The van der Waals surface area contributed by atoms with Gasteiger partial charge in [0.1, 0.15) is 0 Å². The number of hydrogen-bond donors (Lipinski definition) is 3. The zero-order valence-corrected chi connectivity index (χ0v) is 38.5. The summed E-state index contributed by atoms with van der Waals surface area (Å²) in [5.74, 6) is -0.0797. The molecule has 0 aliphatic heterocycles. The van der Waals surface area contributed by atoms with Crippen molar-refractivity contribution in [3.8, 4) is 0 Å². The molecule has 0 aliphatic carbocycles. The lowest BCUT2D eigenvalue weighted by molar-refractivity contribution is -0.143. The highest BCUT2D eigenvalue weighted by Crippen LogP contribution is 2.15. The first-order valence-electron chi connectivity index (χ1n) is 25.2. The summed E-state index contributed by atoms with van der Waals surface area (Å²) in [4.78, 5) is 24.4. The van der Waals surface area contributed by atoms with Crippen LogP contribution in [0.5, 0.6) is 0 Å². The fourth-order valence-corrected chi connectivity index (χ4v) is 7.47. The van der Waals surface area contributed by atoms with Gasteiger partial charge >= 0.3 is 5.97 Å². The number of esters is 1. The highest BCUT2D eigenvalue weighted by Gasteiger charge is 2.20. The van der Waals surface area contributed by atoms with E-state index in [0.29, 0.717) is 25.9 Å².